The fraction of sp³-hybridized carbons (Fsp3) is 0. The minimum atomic E-state index is -1.07. The summed E-state index contributed by atoms with van der Waals surface area (Å²) in [6.07, 6.45) is 0. The first kappa shape index (κ1) is 8.83. The second-order valence-corrected chi connectivity index (χ2v) is 3.71. The van der Waals surface area contributed by atoms with E-state index in [-0.39, 0.29) is 17.0 Å². The maximum absolute atomic E-state index is 10.9. The SMILES string of the molecule is Nc1ccc2c(O)csc2c1C(=O)O. The number of carboxylic acid groups (broad SMARTS) is 1. The number of carbonyl (C=O) groups is 1. The Bertz CT molecular complexity index is 518. The summed E-state index contributed by atoms with van der Waals surface area (Å²) in [4.78, 5) is 10.9. The third-order valence-corrected chi connectivity index (χ3v) is 2.97. The van der Waals surface area contributed by atoms with E-state index in [1.54, 1.807) is 6.07 Å². The molecule has 0 aliphatic rings. The maximum Gasteiger partial charge on any atom is 0.339 e. The second kappa shape index (κ2) is 2.88. The van der Waals surface area contributed by atoms with Gasteiger partial charge in [0.1, 0.15) is 11.3 Å². The number of hydrogen-bond acceptors (Lipinski definition) is 4. The van der Waals surface area contributed by atoms with Crippen LogP contribution >= 0.6 is 11.3 Å². The lowest BCUT2D eigenvalue weighted by Crippen LogP contribution is -2.01. The number of hydrogen-bond donors (Lipinski definition) is 3. The third kappa shape index (κ3) is 1.10. The fourth-order valence-corrected chi connectivity index (χ4v) is 2.30. The van der Waals surface area contributed by atoms with Gasteiger partial charge in [0, 0.05) is 16.5 Å². The van der Waals surface area contributed by atoms with Crippen molar-refractivity contribution < 1.29 is 15.0 Å². The summed E-state index contributed by atoms with van der Waals surface area (Å²) in [6.45, 7) is 0. The molecule has 0 atom stereocenters. The molecule has 72 valence electrons. The van der Waals surface area contributed by atoms with Gasteiger partial charge in [-0.15, -0.1) is 11.3 Å². The number of thiophene rings is 1. The normalized spacial score (nSPS) is 10.6. The third-order valence-electron chi connectivity index (χ3n) is 1.97. The van der Waals surface area contributed by atoms with Crippen LogP contribution in [-0.2, 0) is 0 Å². The average molecular weight is 209 g/mol. The molecule has 2 rings (SSSR count). The molecule has 1 aromatic carbocycles. The monoisotopic (exact) mass is 209 g/mol. The molecule has 1 heterocycles. The molecule has 0 saturated carbocycles. The van der Waals surface area contributed by atoms with E-state index >= 15 is 0 Å². The van der Waals surface area contributed by atoms with Gasteiger partial charge in [-0.2, -0.15) is 0 Å². The van der Waals surface area contributed by atoms with Crippen LogP contribution < -0.4 is 5.73 Å². The maximum atomic E-state index is 10.9. The zero-order valence-corrected chi connectivity index (χ0v) is 7.84. The van der Waals surface area contributed by atoms with Crippen LogP contribution in [0.1, 0.15) is 10.4 Å². The van der Waals surface area contributed by atoms with Crippen LogP contribution in [0.3, 0.4) is 0 Å². The van der Waals surface area contributed by atoms with Crippen molar-refractivity contribution in [3.05, 3.63) is 23.1 Å². The van der Waals surface area contributed by atoms with Crippen molar-refractivity contribution >= 4 is 33.1 Å². The summed E-state index contributed by atoms with van der Waals surface area (Å²) in [5.41, 5.74) is 5.82. The van der Waals surface area contributed by atoms with Crippen molar-refractivity contribution in [2.75, 3.05) is 5.73 Å². The molecule has 0 aliphatic carbocycles. The highest BCUT2D eigenvalue weighted by Gasteiger charge is 2.15. The Kier molecular flexibility index (Phi) is 1.82. The smallest absolute Gasteiger partial charge is 0.339 e. The van der Waals surface area contributed by atoms with Gasteiger partial charge >= 0.3 is 5.97 Å². The molecule has 5 heteroatoms. The van der Waals surface area contributed by atoms with Gasteiger partial charge in [-0.25, -0.2) is 4.79 Å². The lowest BCUT2D eigenvalue weighted by molar-refractivity contribution is 0.0700. The topological polar surface area (TPSA) is 83.5 Å². The number of carboxylic acids is 1. The number of aromatic carboxylic acids is 1. The first-order valence-corrected chi connectivity index (χ1v) is 4.71. The standard InChI is InChI=1S/C9H7NO3S/c10-5-2-1-4-6(11)3-14-8(4)7(5)9(12)13/h1-3,11H,10H2,(H,12,13). The molecule has 0 saturated heterocycles. The van der Waals surface area contributed by atoms with Crippen LogP contribution in [-0.4, -0.2) is 16.2 Å². The molecule has 0 fully saturated rings. The zero-order chi connectivity index (χ0) is 10.3. The van der Waals surface area contributed by atoms with Gasteiger partial charge < -0.3 is 15.9 Å². The summed E-state index contributed by atoms with van der Waals surface area (Å²) in [7, 11) is 0. The number of benzene rings is 1. The van der Waals surface area contributed by atoms with Crippen molar-refractivity contribution in [3.63, 3.8) is 0 Å². The summed E-state index contributed by atoms with van der Waals surface area (Å²) in [5, 5.41) is 20.3. The van der Waals surface area contributed by atoms with Crippen molar-refractivity contribution in [1.82, 2.24) is 0 Å². The minimum absolute atomic E-state index is 0.0628. The molecule has 4 N–H and O–H groups in total. The van der Waals surface area contributed by atoms with Crippen molar-refractivity contribution in [2.45, 2.75) is 0 Å². The highest BCUT2D eigenvalue weighted by Crippen LogP contribution is 2.35. The van der Waals surface area contributed by atoms with E-state index in [2.05, 4.69) is 0 Å². The van der Waals surface area contributed by atoms with Gasteiger partial charge in [0.15, 0.2) is 0 Å². The van der Waals surface area contributed by atoms with Gasteiger partial charge in [0.25, 0.3) is 0 Å². The first-order chi connectivity index (χ1) is 6.61. The van der Waals surface area contributed by atoms with Gasteiger partial charge in [-0.3, -0.25) is 0 Å². The van der Waals surface area contributed by atoms with Gasteiger partial charge in [-0.1, -0.05) is 0 Å². The molecule has 0 amide bonds. The van der Waals surface area contributed by atoms with E-state index in [0.717, 1.165) is 0 Å². The highest BCUT2D eigenvalue weighted by atomic mass is 32.1. The van der Waals surface area contributed by atoms with E-state index < -0.39 is 5.97 Å². The molecule has 0 bridgehead atoms. The lowest BCUT2D eigenvalue weighted by atomic mass is 10.1. The Hall–Kier alpha value is -1.75. The van der Waals surface area contributed by atoms with Crippen LogP contribution in [0.15, 0.2) is 17.5 Å². The Morgan fingerprint density at radius 1 is 1.43 bits per heavy atom. The van der Waals surface area contributed by atoms with Crippen LogP contribution in [0.4, 0.5) is 5.69 Å². The average Bonchev–Trinajstić information content (AvgIpc) is 2.47. The van der Waals surface area contributed by atoms with E-state index in [4.69, 9.17) is 10.8 Å². The molecule has 0 spiro atoms. The quantitative estimate of drug-likeness (QED) is 0.626. The lowest BCUT2D eigenvalue weighted by Gasteiger charge is -2.01. The van der Waals surface area contributed by atoms with Crippen LogP contribution in [0.2, 0.25) is 0 Å². The molecule has 4 nitrogen and oxygen atoms in total. The number of nitrogens with two attached hydrogens (primary N) is 1. The first-order valence-electron chi connectivity index (χ1n) is 3.83. The van der Waals surface area contributed by atoms with E-state index in [0.29, 0.717) is 10.1 Å². The number of anilines is 1. The van der Waals surface area contributed by atoms with Crippen molar-refractivity contribution in [2.24, 2.45) is 0 Å². The minimum Gasteiger partial charge on any atom is -0.506 e. The number of aromatic hydroxyl groups is 1. The molecule has 0 aliphatic heterocycles. The summed E-state index contributed by atoms with van der Waals surface area (Å²) in [6, 6.07) is 3.10. The Labute approximate surface area is 83.2 Å². The number of rotatable bonds is 1. The fourth-order valence-electron chi connectivity index (χ4n) is 1.32. The van der Waals surface area contributed by atoms with Crippen molar-refractivity contribution in [1.29, 1.82) is 0 Å². The van der Waals surface area contributed by atoms with Gasteiger partial charge in [0.05, 0.1) is 4.70 Å². The molecule has 2 aromatic rings. The van der Waals surface area contributed by atoms with E-state index in [9.17, 15) is 9.90 Å². The van der Waals surface area contributed by atoms with Crippen LogP contribution in [0.5, 0.6) is 5.75 Å². The predicted molar refractivity (Wildman–Crippen MR) is 54.9 cm³/mol. The Balaban J connectivity index is 2.90. The molecular weight excluding hydrogens is 202 g/mol. The highest BCUT2D eigenvalue weighted by molar-refractivity contribution is 7.18. The zero-order valence-electron chi connectivity index (χ0n) is 7.02. The van der Waals surface area contributed by atoms with Crippen molar-refractivity contribution in [3.8, 4) is 5.75 Å². The van der Waals surface area contributed by atoms with Crippen LogP contribution in [0, 0.1) is 0 Å². The Morgan fingerprint density at radius 2 is 2.14 bits per heavy atom. The molecule has 14 heavy (non-hydrogen) atoms. The van der Waals surface area contributed by atoms with Gasteiger partial charge in [-0.05, 0) is 12.1 Å². The molecule has 0 unspecified atom stereocenters. The molecular formula is C9H7NO3S. The second-order valence-electron chi connectivity index (χ2n) is 2.83. The Morgan fingerprint density at radius 3 is 2.79 bits per heavy atom. The molecule has 0 radical (unpaired) electrons. The largest absolute Gasteiger partial charge is 0.506 e. The molecule has 1 aromatic heterocycles. The summed E-state index contributed by atoms with van der Waals surface area (Å²) < 4.78 is 0.509. The van der Waals surface area contributed by atoms with Crippen LogP contribution in [0.25, 0.3) is 10.1 Å². The van der Waals surface area contributed by atoms with Gasteiger partial charge in [0.2, 0.25) is 0 Å². The number of fused-ring (bicyclic) bond motifs is 1. The predicted octanol–water partition coefficient (Wildman–Crippen LogP) is 1.89. The number of nitrogen functional groups attached to an aromatic ring is 1. The van der Waals surface area contributed by atoms with E-state index in [1.165, 1.54) is 22.8 Å². The summed E-state index contributed by atoms with van der Waals surface area (Å²) in [5.74, 6) is -0.984. The van der Waals surface area contributed by atoms with E-state index in [1.807, 2.05) is 0 Å². The summed E-state index contributed by atoms with van der Waals surface area (Å²) >= 11 is 1.17.